The highest BCUT2D eigenvalue weighted by molar-refractivity contribution is 5.99. The van der Waals surface area contributed by atoms with Crippen molar-refractivity contribution in [1.29, 1.82) is 0 Å². The van der Waals surface area contributed by atoms with Gasteiger partial charge in [-0.3, -0.25) is 9.59 Å². The Labute approximate surface area is 121 Å². The molecule has 0 amide bonds. The van der Waals surface area contributed by atoms with Gasteiger partial charge in [0, 0.05) is 0 Å². The van der Waals surface area contributed by atoms with Gasteiger partial charge in [0.15, 0.2) is 5.41 Å². The van der Waals surface area contributed by atoms with E-state index in [1.807, 2.05) is 6.92 Å². The summed E-state index contributed by atoms with van der Waals surface area (Å²) in [5.41, 5.74) is -1.34. The number of aliphatic carboxylic acids is 1. The SMILES string of the molecule is CCCC(C(=O)O)(C(=O)OCC)C1CCCCC1CC. The molecule has 0 spiro atoms. The van der Waals surface area contributed by atoms with Crippen LogP contribution in [0.5, 0.6) is 0 Å². The largest absolute Gasteiger partial charge is 0.480 e. The van der Waals surface area contributed by atoms with Crippen LogP contribution < -0.4 is 0 Å². The van der Waals surface area contributed by atoms with Crippen LogP contribution in [0.4, 0.5) is 0 Å². The first kappa shape index (κ1) is 17.0. The summed E-state index contributed by atoms with van der Waals surface area (Å²) in [7, 11) is 0. The molecule has 0 saturated heterocycles. The second-order valence-corrected chi connectivity index (χ2v) is 5.81. The maximum Gasteiger partial charge on any atom is 0.323 e. The Kier molecular flexibility index (Phi) is 6.50. The van der Waals surface area contributed by atoms with Crippen LogP contribution in [-0.4, -0.2) is 23.7 Å². The van der Waals surface area contributed by atoms with Crippen molar-refractivity contribution >= 4 is 11.9 Å². The van der Waals surface area contributed by atoms with E-state index in [4.69, 9.17) is 4.74 Å². The second kappa shape index (κ2) is 7.65. The summed E-state index contributed by atoms with van der Waals surface area (Å²) in [6, 6.07) is 0. The molecule has 4 heteroatoms. The average molecular weight is 284 g/mol. The highest BCUT2D eigenvalue weighted by atomic mass is 16.5. The van der Waals surface area contributed by atoms with Gasteiger partial charge in [0.2, 0.25) is 0 Å². The molecule has 1 saturated carbocycles. The molecule has 0 aromatic heterocycles. The van der Waals surface area contributed by atoms with Crippen LogP contribution in [0, 0.1) is 17.3 Å². The monoisotopic (exact) mass is 284 g/mol. The molecule has 0 radical (unpaired) electrons. The summed E-state index contributed by atoms with van der Waals surface area (Å²) in [6.45, 7) is 5.99. The number of ether oxygens (including phenoxy) is 1. The first-order valence-electron chi connectivity index (χ1n) is 7.95. The third-order valence-electron chi connectivity index (χ3n) is 4.73. The van der Waals surface area contributed by atoms with Crippen molar-refractivity contribution in [2.45, 2.75) is 65.7 Å². The van der Waals surface area contributed by atoms with Gasteiger partial charge in [-0.05, 0) is 31.6 Å². The van der Waals surface area contributed by atoms with Crippen molar-refractivity contribution in [2.75, 3.05) is 6.61 Å². The van der Waals surface area contributed by atoms with Crippen LogP contribution in [0.3, 0.4) is 0 Å². The van der Waals surface area contributed by atoms with Gasteiger partial charge in [-0.1, -0.05) is 46.0 Å². The minimum Gasteiger partial charge on any atom is -0.480 e. The fourth-order valence-electron chi connectivity index (χ4n) is 3.79. The van der Waals surface area contributed by atoms with E-state index in [9.17, 15) is 14.7 Å². The zero-order valence-electron chi connectivity index (χ0n) is 13.0. The standard InChI is InChI=1S/C16H28O4/c1-4-11-16(14(17)18,15(19)20-6-3)13-10-8-7-9-12(13)5-2/h12-13H,4-11H2,1-3H3,(H,17,18). The Morgan fingerprint density at radius 3 is 2.35 bits per heavy atom. The number of esters is 1. The molecule has 3 atom stereocenters. The number of rotatable bonds is 7. The van der Waals surface area contributed by atoms with Crippen LogP contribution in [0.2, 0.25) is 0 Å². The summed E-state index contributed by atoms with van der Waals surface area (Å²) in [5, 5.41) is 9.82. The van der Waals surface area contributed by atoms with Gasteiger partial charge < -0.3 is 9.84 Å². The molecule has 20 heavy (non-hydrogen) atoms. The summed E-state index contributed by atoms with van der Waals surface area (Å²) >= 11 is 0. The van der Waals surface area contributed by atoms with Crippen molar-refractivity contribution < 1.29 is 19.4 Å². The molecular formula is C16H28O4. The van der Waals surface area contributed by atoms with Gasteiger partial charge in [0.25, 0.3) is 0 Å². The predicted molar refractivity (Wildman–Crippen MR) is 77.3 cm³/mol. The zero-order chi connectivity index (χ0) is 15.2. The van der Waals surface area contributed by atoms with Crippen LogP contribution in [0.1, 0.15) is 65.7 Å². The number of hydrogen-bond acceptors (Lipinski definition) is 3. The molecule has 1 fully saturated rings. The highest BCUT2D eigenvalue weighted by Gasteiger charge is 2.55. The third-order valence-corrected chi connectivity index (χ3v) is 4.73. The first-order valence-corrected chi connectivity index (χ1v) is 7.95. The Morgan fingerprint density at radius 2 is 1.85 bits per heavy atom. The summed E-state index contributed by atoms with van der Waals surface area (Å²) in [5.74, 6) is -1.29. The van der Waals surface area contributed by atoms with Crippen LogP contribution in [-0.2, 0) is 14.3 Å². The lowest BCUT2D eigenvalue weighted by molar-refractivity contribution is -0.177. The number of hydrogen-bond donors (Lipinski definition) is 1. The normalized spacial score (nSPS) is 25.8. The molecule has 1 aliphatic rings. The Bertz CT molecular complexity index is 339. The van der Waals surface area contributed by atoms with E-state index in [-0.39, 0.29) is 12.5 Å². The Morgan fingerprint density at radius 1 is 1.20 bits per heavy atom. The fourth-order valence-corrected chi connectivity index (χ4v) is 3.79. The molecule has 116 valence electrons. The van der Waals surface area contributed by atoms with E-state index in [2.05, 4.69) is 6.92 Å². The number of carboxylic acids is 1. The predicted octanol–water partition coefficient (Wildman–Crippen LogP) is 3.64. The maximum atomic E-state index is 12.5. The van der Waals surface area contributed by atoms with Crippen molar-refractivity contribution in [3.05, 3.63) is 0 Å². The van der Waals surface area contributed by atoms with Gasteiger partial charge in [-0.25, -0.2) is 0 Å². The Hall–Kier alpha value is -1.06. The molecule has 1 N–H and O–H groups in total. The molecular weight excluding hydrogens is 256 g/mol. The van der Waals surface area contributed by atoms with Gasteiger partial charge in [0.1, 0.15) is 0 Å². The smallest absolute Gasteiger partial charge is 0.323 e. The van der Waals surface area contributed by atoms with Crippen molar-refractivity contribution in [2.24, 2.45) is 17.3 Å². The van der Waals surface area contributed by atoms with Crippen molar-refractivity contribution in [3.63, 3.8) is 0 Å². The zero-order valence-corrected chi connectivity index (χ0v) is 13.0. The van der Waals surface area contributed by atoms with E-state index in [0.29, 0.717) is 18.8 Å². The molecule has 0 aromatic rings. The van der Waals surface area contributed by atoms with E-state index < -0.39 is 17.4 Å². The molecule has 1 aliphatic carbocycles. The number of carboxylic acid groups (broad SMARTS) is 1. The highest BCUT2D eigenvalue weighted by Crippen LogP contribution is 2.47. The van der Waals surface area contributed by atoms with E-state index in [1.54, 1.807) is 6.92 Å². The van der Waals surface area contributed by atoms with E-state index >= 15 is 0 Å². The molecule has 4 nitrogen and oxygen atoms in total. The maximum absolute atomic E-state index is 12.5. The fraction of sp³-hybridized carbons (Fsp3) is 0.875. The molecule has 0 aliphatic heterocycles. The first-order chi connectivity index (χ1) is 9.54. The van der Waals surface area contributed by atoms with E-state index in [0.717, 1.165) is 32.1 Å². The van der Waals surface area contributed by atoms with Crippen molar-refractivity contribution in [1.82, 2.24) is 0 Å². The minimum atomic E-state index is -1.34. The topological polar surface area (TPSA) is 63.6 Å². The molecule has 1 rings (SSSR count). The van der Waals surface area contributed by atoms with Gasteiger partial charge in [-0.15, -0.1) is 0 Å². The number of carbonyl (C=O) groups is 2. The van der Waals surface area contributed by atoms with Crippen molar-refractivity contribution in [3.8, 4) is 0 Å². The number of carbonyl (C=O) groups excluding carboxylic acids is 1. The molecule has 3 unspecified atom stereocenters. The molecule has 0 bridgehead atoms. The van der Waals surface area contributed by atoms with Crippen LogP contribution in [0.25, 0.3) is 0 Å². The second-order valence-electron chi connectivity index (χ2n) is 5.81. The molecule has 0 aromatic carbocycles. The lowest BCUT2D eigenvalue weighted by Gasteiger charge is -2.42. The lowest BCUT2D eigenvalue weighted by atomic mass is 9.61. The van der Waals surface area contributed by atoms with E-state index in [1.165, 1.54) is 0 Å². The van der Waals surface area contributed by atoms with Gasteiger partial charge in [0.05, 0.1) is 6.61 Å². The molecule has 0 heterocycles. The minimum absolute atomic E-state index is 0.0854. The summed E-state index contributed by atoms with van der Waals surface area (Å²) < 4.78 is 5.15. The Balaban J connectivity index is 3.18. The lowest BCUT2D eigenvalue weighted by Crippen LogP contribution is -2.50. The summed E-state index contributed by atoms with van der Waals surface area (Å²) in [4.78, 5) is 24.4. The quantitative estimate of drug-likeness (QED) is 0.572. The average Bonchev–Trinajstić information content (AvgIpc) is 2.44. The van der Waals surface area contributed by atoms with Gasteiger partial charge in [-0.2, -0.15) is 0 Å². The third kappa shape index (κ3) is 3.15. The summed E-state index contributed by atoms with van der Waals surface area (Å²) in [6.07, 6.45) is 5.99. The van der Waals surface area contributed by atoms with Crippen LogP contribution >= 0.6 is 0 Å². The van der Waals surface area contributed by atoms with Gasteiger partial charge >= 0.3 is 11.9 Å². The van der Waals surface area contributed by atoms with Crippen LogP contribution in [0.15, 0.2) is 0 Å².